The van der Waals surface area contributed by atoms with Gasteiger partial charge in [-0.2, -0.15) is 0 Å². The molecule has 1 saturated carbocycles. The molecule has 1 aliphatic rings. The first-order chi connectivity index (χ1) is 17.5. The van der Waals surface area contributed by atoms with Crippen molar-refractivity contribution in [3.63, 3.8) is 0 Å². The van der Waals surface area contributed by atoms with E-state index in [1.54, 1.807) is 30.3 Å². The highest BCUT2D eigenvalue weighted by atomic mass is 19.1. The maximum atomic E-state index is 13.6. The molecule has 2 amide bonds. The van der Waals surface area contributed by atoms with Crippen LogP contribution in [0, 0.1) is 17.6 Å². The van der Waals surface area contributed by atoms with Crippen LogP contribution in [0.5, 0.6) is 0 Å². The van der Waals surface area contributed by atoms with Crippen molar-refractivity contribution < 1.29 is 22.8 Å². The number of carbonyl (C=O) groups excluding carboxylic acids is 2. The van der Waals surface area contributed by atoms with Gasteiger partial charge in [-0.1, -0.05) is 44.2 Å². The van der Waals surface area contributed by atoms with Gasteiger partial charge in [0.2, 0.25) is 5.91 Å². The molecule has 4 rings (SSSR count). The monoisotopic (exact) mass is 495 g/mol. The average Bonchev–Trinajstić information content (AvgIpc) is 3.38. The van der Waals surface area contributed by atoms with Gasteiger partial charge >= 0.3 is 0 Å². The number of carbonyl (C=O) groups is 2. The molecule has 1 aromatic heterocycles. The van der Waals surface area contributed by atoms with Gasteiger partial charge < -0.3 is 20.4 Å². The molecule has 0 radical (unpaired) electrons. The Hall–Kier alpha value is -3.68. The fourth-order valence-electron chi connectivity index (χ4n) is 4.56. The zero-order valence-electron chi connectivity index (χ0n) is 20.1. The second-order valence-corrected chi connectivity index (χ2v) is 9.16. The molecule has 0 saturated heterocycles. The predicted octanol–water partition coefficient (Wildman–Crippen LogP) is 5.52. The van der Waals surface area contributed by atoms with Gasteiger partial charge in [0, 0.05) is 24.3 Å². The standard InChI is InChI=1S/C28H31F2N3O3/c29-21-9-11-23(12-10-21)31-15-16-32-27(34)24(17-19-5-2-1-3-6-19)33-28(35)26-14-13-25(36-26)20-7-4-8-22(30)18-20/h4,7-14,18-19,24,31H,1-3,5-6,15-17H2,(H,32,34)(H,33,35)/t24-/m0/s1. The van der Waals surface area contributed by atoms with Gasteiger partial charge in [0.05, 0.1) is 0 Å². The van der Waals surface area contributed by atoms with Crippen LogP contribution in [0.15, 0.2) is 65.1 Å². The fourth-order valence-corrected chi connectivity index (χ4v) is 4.56. The van der Waals surface area contributed by atoms with Crippen LogP contribution in [0.1, 0.15) is 49.1 Å². The number of hydrogen-bond acceptors (Lipinski definition) is 4. The lowest BCUT2D eigenvalue weighted by Gasteiger charge is -2.26. The maximum absolute atomic E-state index is 13.6. The number of nitrogens with one attached hydrogen (secondary N) is 3. The number of anilines is 1. The third kappa shape index (κ3) is 7.16. The number of rotatable bonds is 10. The van der Waals surface area contributed by atoms with E-state index in [9.17, 15) is 18.4 Å². The summed E-state index contributed by atoms with van der Waals surface area (Å²) in [7, 11) is 0. The number of furan rings is 1. The second kappa shape index (κ2) is 12.3. The molecule has 0 spiro atoms. The van der Waals surface area contributed by atoms with Crippen molar-refractivity contribution in [1.29, 1.82) is 0 Å². The SMILES string of the molecule is O=C(N[C@@H](CC1CCCCC1)C(=O)NCCNc1ccc(F)cc1)c1ccc(-c2cccc(F)c2)o1. The van der Waals surface area contributed by atoms with E-state index in [1.807, 2.05) is 0 Å². The van der Waals surface area contributed by atoms with E-state index in [0.29, 0.717) is 36.8 Å². The zero-order valence-corrected chi connectivity index (χ0v) is 20.1. The Kier molecular flexibility index (Phi) is 8.71. The molecule has 1 aliphatic carbocycles. The quantitative estimate of drug-likeness (QED) is 0.323. The normalized spacial score (nSPS) is 14.7. The van der Waals surface area contributed by atoms with E-state index in [-0.39, 0.29) is 17.5 Å². The number of halogens is 2. The highest BCUT2D eigenvalue weighted by Crippen LogP contribution is 2.28. The number of benzene rings is 2. The van der Waals surface area contributed by atoms with Crippen molar-refractivity contribution in [2.45, 2.75) is 44.6 Å². The minimum absolute atomic E-state index is 0.0636. The Morgan fingerprint density at radius 3 is 2.44 bits per heavy atom. The lowest BCUT2D eigenvalue weighted by atomic mass is 9.84. The Morgan fingerprint density at radius 1 is 0.917 bits per heavy atom. The fraction of sp³-hybridized carbons (Fsp3) is 0.357. The molecule has 190 valence electrons. The first kappa shape index (κ1) is 25.4. The van der Waals surface area contributed by atoms with Crippen LogP contribution in [0.4, 0.5) is 14.5 Å². The molecule has 1 fully saturated rings. The molecule has 3 aromatic rings. The molecule has 1 heterocycles. The van der Waals surface area contributed by atoms with Gasteiger partial charge in [-0.05, 0) is 60.9 Å². The van der Waals surface area contributed by atoms with Crippen LogP contribution < -0.4 is 16.0 Å². The lowest BCUT2D eigenvalue weighted by Crippen LogP contribution is -2.48. The molecule has 3 N–H and O–H groups in total. The molecule has 0 unspecified atom stereocenters. The summed E-state index contributed by atoms with van der Waals surface area (Å²) in [5.41, 5.74) is 1.28. The molecule has 1 atom stereocenters. The van der Waals surface area contributed by atoms with E-state index in [2.05, 4.69) is 16.0 Å². The van der Waals surface area contributed by atoms with E-state index in [0.717, 1.165) is 31.4 Å². The summed E-state index contributed by atoms with van der Waals surface area (Å²) in [4.78, 5) is 26.0. The summed E-state index contributed by atoms with van der Waals surface area (Å²) in [6.07, 6.45) is 6.09. The van der Waals surface area contributed by atoms with Crippen molar-refractivity contribution in [3.8, 4) is 11.3 Å². The minimum Gasteiger partial charge on any atom is -0.451 e. The molecular formula is C28H31F2N3O3. The van der Waals surface area contributed by atoms with Crippen LogP contribution in [0.3, 0.4) is 0 Å². The summed E-state index contributed by atoms with van der Waals surface area (Å²) < 4.78 is 32.3. The lowest BCUT2D eigenvalue weighted by molar-refractivity contribution is -0.123. The smallest absolute Gasteiger partial charge is 0.287 e. The van der Waals surface area contributed by atoms with Gasteiger partial charge in [0.25, 0.3) is 5.91 Å². The Morgan fingerprint density at radius 2 is 1.69 bits per heavy atom. The highest BCUT2D eigenvalue weighted by molar-refractivity contribution is 5.96. The minimum atomic E-state index is -0.700. The molecule has 36 heavy (non-hydrogen) atoms. The summed E-state index contributed by atoms with van der Waals surface area (Å²) >= 11 is 0. The highest BCUT2D eigenvalue weighted by Gasteiger charge is 2.27. The first-order valence-corrected chi connectivity index (χ1v) is 12.4. The van der Waals surface area contributed by atoms with Gasteiger partial charge in [-0.3, -0.25) is 9.59 Å². The van der Waals surface area contributed by atoms with Gasteiger partial charge in [-0.15, -0.1) is 0 Å². The topological polar surface area (TPSA) is 83.4 Å². The molecule has 0 bridgehead atoms. The molecular weight excluding hydrogens is 464 g/mol. The van der Waals surface area contributed by atoms with Crippen LogP contribution in [0.25, 0.3) is 11.3 Å². The van der Waals surface area contributed by atoms with Crippen LogP contribution >= 0.6 is 0 Å². The zero-order chi connectivity index (χ0) is 25.3. The number of amides is 2. The van der Waals surface area contributed by atoms with E-state index >= 15 is 0 Å². The Balaban J connectivity index is 1.36. The largest absolute Gasteiger partial charge is 0.451 e. The van der Waals surface area contributed by atoms with Crippen LogP contribution in [-0.2, 0) is 4.79 Å². The molecule has 2 aromatic carbocycles. The molecule has 0 aliphatic heterocycles. The Bertz CT molecular complexity index is 1160. The van der Waals surface area contributed by atoms with Gasteiger partial charge in [-0.25, -0.2) is 8.78 Å². The van der Waals surface area contributed by atoms with E-state index in [4.69, 9.17) is 4.42 Å². The van der Waals surface area contributed by atoms with Crippen molar-refractivity contribution in [1.82, 2.24) is 10.6 Å². The maximum Gasteiger partial charge on any atom is 0.287 e. The molecule has 8 heteroatoms. The van der Waals surface area contributed by atoms with E-state index in [1.165, 1.54) is 36.8 Å². The van der Waals surface area contributed by atoms with Crippen LogP contribution in [0.2, 0.25) is 0 Å². The van der Waals surface area contributed by atoms with Gasteiger partial charge in [0.15, 0.2) is 5.76 Å². The third-order valence-corrected chi connectivity index (χ3v) is 6.45. The summed E-state index contributed by atoms with van der Waals surface area (Å²) in [5, 5.41) is 8.85. The summed E-state index contributed by atoms with van der Waals surface area (Å²) in [6, 6.07) is 14.4. The predicted molar refractivity (Wildman–Crippen MR) is 134 cm³/mol. The van der Waals surface area contributed by atoms with Gasteiger partial charge in [0.1, 0.15) is 23.4 Å². The van der Waals surface area contributed by atoms with Crippen molar-refractivity contribution in [2.75, 3.05) is 18.4 Å². The third-order valence-electron chi connectivity index (χ3n) is 6.45. The van der Waals surface area contributed by atoms with Crippen molar-refractivity contribution >= 4 is 17.5 Å². The Labute approximate surface area is 209 Å². The van der Waals surface area contributed by atoms with E-state index < -0.39 is 17.8 Å². The van der Waals surface area contributed by atoms with Crippen LogP contribution in [-0.4, -0.2) is 30.9 Å². The molecule has 6 nitrogen and oxygen atoms in total. The summed E-state index contributed by atoms with van der Waals surface area (Å²) in [6.45, 7) is 0.800. The van der Waals surface area contributed by atoms with Crippen molar-refractivity contribution in [2.24, 2.45) is 5.92 Å². The first-order valence-electron chi connectivity index (χ1n) is 12.4. The summed E-state index contributed by atoms with van der Waals surface area (Å²) in [5.74, 6) is -0.646. The average molecular weight is 496 g/mol. The second-order valence-electron chi connectivity index (χ2n) is 9.16. The number of hydrogen-bond donors (Lipinski definition) is 3. The van der Waals surface area contributed by atoms with Crippen molar-refractivity contribution in [3.05, 3.63) is 78.1 Å².